The molecule has 2 N–H and O–H groups in total. The van der Waals surface area contributed by atoms with Crippen molar-refractivity contribution in [2.45, 2.75) is 32.2 Å². The summed E-state index contributed by atoms with van der Waals surface area (Å²) in [5.41, 5.74) is 1.84. The highest BCUT2D eigenvalue weighted by Gasteiger charge is 2.04. The fourth-order valence-electron chi connectivity index (χ4n) is 2.37. The Morgan fingerprint density at radius 2 is 1.59 bits per heavy atom. The molecule has 0 heterocycles. The molecule has 0 aliphatic carbocycles. The van der Waals surface area contributed by atoms with Crippen LogP contribution in [0.2, 0.25) is 0 Å². The van der Waals surface area contributed by atoms with E-state index in [-0.39, 0.29) is 5.75 Å². The number of rotatable bonds is 7. The van der Waals surface area contributed by atoms with Gasteiger partial charge in [-0.05, 0) is 68.1 Å². The van der Waals surface area contributed by atoms with Gasteiger partial charge >= 0.3 is 0 Å². The average molecular weight is 305 g/mol. The number of aromatic hydroxyl groups is 1. The van der Waals surface area contributed by atoms with E-state index in [9.17, 15) is 13.9 Å². The van der Waals surface area contributed by atoms with Crippen LogP contribution in [0.5, 0.6) is 5.75 Å². The zero-order valence-corrected chi connectivity index (χ0v) is 12.7. The third kappa shape index (κ3) is 5.45. The van der Waals surface area contributed by atoms with E-state index in [0.717, 1.165) is 18.9 Å². The Balaban J connectivity index is 1.71. The van der Waals surface area contributed by atoms with Gasteiger partial charge in [-0.1, -0.05) is 12.1 Å². The second-order valence-corrected chi connectivity index (χ2v) is 5.59. The van der Waals surface area contributed by atoms with Crippen molar-refractivity contribution >= 4 is 0 Å². The van der Waals surface area contributed by atoms with Gasteiger partial charge in [0.1, 0.15) is 17.4 Å². The monoisotopic (exact) mass is 305 g/mol. The fourth-order valence-corrected chi connectivity index (χ4v) is 2.37. The first-order valence-corrected chi connectivity index (χ1v) is 7.49. The van der Waals surface area contributed by atoms with Gasteiger partial charge in [-0.25, -0.2) is 8.78 Å². The molecule has 0 saturated heterocycles. The summed E-state index contributed by atoms with van der Waals surface area (Å²) in [6.07, 6.45) is 2.48. The van der Waals surface area contributed by atoms with Crippen LogP contribution in [0.1, 0.15) is 24.5 Å². The Bertz CT molecular complexity index is 578. The molecule has 0 spiro atoms. The quantitative estimate of drug-likeness (QED) is 0.815. The third-order valence-electron chi connectivity index (χ3n) is 3.63. The first kappa shape index (κ1) is 16.4. The molecular formula is C18H21F2NO. The van der Waals surface area contributed by atoms with Gasteiger partial charge in [0.2, 0.25) is 0 Å². The minimum atomic E-state index is -0.532. The maximum Gasteiger partial charge on any atom is 0.126 e. The molecule has 0 saturated carbocycles. The van der Waals surface area contributed by atoms with E-state index < -0.39 is 11.6 Å². The van der Waals surface area contributed by atoms with E-state index >= 15 is 0 Å². The van der Waals surface area contributed by atoms with Crippen LogP contribution in [-0.2, 0) is 12.8 Å². The van der Waals surface area contributed by atoms with Crippen LogP contribution in [0, 0.1) is 11.6 Å². The van der Waals surface area contributed by atoms with Crippen LogP contribution >= 0.6 is 0 Å². The van der Waals surface area contributed by atoms with Crippen molar-refractivity contribution in [1.29, 1.82) is 0 Å². The molecule has 2 rings (SSSR count). The van der Waals surface area contributed by atoms with Crippen molar-refractivity contribution in [2.75, 3.05) is 6.54 Å². The second kappa shape index (κ2) is 7.90. The maximum atomic E-state index is 13.1. The Kier molecular flexibility index (Phi) is 5.90. The van der Waals surface area contributed by atoms with Gasteiger partial charge in [-0.15, -0.1) is 0 Å². The molecule has 0 amide bonds. The molecule has 0 bridgehead atoms. The molecule has 0 aromatic heterocycles. The Morgan fingerprint density at radius 3 is 2.23 bits per heavy atom. The van der Waals surface area contributed by atoms with Gasteiger partial charge < -0.3 is 10.4 Å². The lowest BCUT2D eigenvalue weighted by atomic mass is 10.1. The van der Waals surface area contributed by atoms with Gasteiger partial charge in [0, 0.05) is 12.1 Å². The highest BCUT2D eigenvalue weighted by atomic mass is 19.1. The Labute approximate surface area is 129 Å². The average Bonchev–Trinajstić information content (AvgIpc) is 2.46. The smallest absolute Gasteiger partial charge is 0.126 e. The molecule has 2 aromatic rings. The van der Waals surface area contributed by atoms with Gasteiger partial charge in [-0.2, -0.15) is 0 Å². The summed E-state index contributed by atoms with van der Waals surface area (Å²) in [6.45, 7) is 2.77. The highest BCUT2D eigenvalue weighted by molar-refractivity contribution is 5.26. The number of hydrogen-bond acceptors (Lipinski definition) is 2. The summed E-state index contributed by atoms with van der Waals surface area (Å²) in [7, 11) is 0. The minimum Gasteiger partial charge on any atom is -0.508 e. The SMILES string of the molecule is CC(CCc1ccc(O)cc1)NCCc1cc(F)cc(F)c1. The van der Waals surface area contributed by atoms with Gasteiger partial charge in [0.05, 0.1) is 0 Å². The van der Waals surface area contributed by atoms with E-state index in [1.807, 2.05) is 12.1 Å². The largest absolute Gasteiger partial charge is 0.508 e. The molecule has 4 heteroatoms. The van der Waals surface area contributed by atoms with Crippen molar-refractivity contribution in [3.05, 3.63) is 65.2 Å². The number of benzene rings is 2. The third-order valence-corrected chi connectivity index (χ3v) is 3.63. The molecule has 0 fully saturated rings. The molecule has 0 radical (unpaired) electrons. The minimum absolute atomic E-state index is 0.275. The molecule has 0 aliphatic rings. The zero-order valence-electron chi connectivity index (χ0n) is 12.7. The van der Waals surface area contributed by atoms with Crippen LogP contribution in [0.15, 0.2) is 42.5 Å². The van der Waals surface area contributed by atoms with Gasteiger partial charge in [0.25, 0.3) is 0 Å². The van der Waals surface area contributed by atoms with Crippen LogP contribution < -0.4 is 5.32 Å². The molecular weight excluding hydrogens is 284 g/mol. The number of hydrogen-bond donors (Lipinski definition) is 2. The van der Waals surface area contributed by atoms with Crippen LogP contribution in [0.4, 0.5) is 8.78 Å². The van der Waals surface area contributed by atoms with E-state index in [4.69, 9.17) is 0 Å². The number of aryl methyl sites for hydroxylation is 1. The standard InChI is InChI=1S/C18H21F2NO/c1-13(2-3-14-4-6-18(22)7-5-14)21-9-8-15-10-16(19)12-17(20)11-15/h4-7,10-13,21-22H,2-3,8-9H2,1H3. The second-order valence-electron chi connectivity index (χ2n) is 5.59. The number of nitrogens with one attached hydrogen (secondary N) is 1. The van der Waals surface area contributed by atoms with Crippen LogP contribution in [0.3, 0.4) is 0 Å². The van der Waals surface area contributed by atoms with E-state index in [1.165, 1.54) is 17.7 Å². The summed E-state index contributed by atoms with van der Waals surface area (Å²) < 4.78 is 26.1. The topological polar surface area (TPSA) is 32.3 Å². The first-order valence-electron chi connectivity index (χ1n) is 7.49. The van der Waals surface area contributed by atoms with Gasteiger partial charge in [0.15, 0.2) is 0 Å². The van der Waals surface area contributed by atoms with E-state index in [0.29, 0.717) is 24.6 Å². The lowest BCUT2D eigenvalue weighted by Gasteiger charge is -2.14. The van der Waals surface area contributed by atoms with Crippen molar-refractivity contribution in [3.8, 4) is 5.75 Å². The fraction of sp³-hybridized carbons (Fsp3) is 0.333. The lowest BCUT2D eigenvalue weighted by Crippen LogP contribution is -2.28. The van der Waals surface area contributed by atoms with Crippen molar-refractivity contribution in [2.24, 2.45) is 0 Å². The summed E-state index contributed by atoms with van der Waals surface area (Å²) in [5.74, 6) is -0.789. The zero-order chi connectivity index (χ0) is 15.9. The summed E-state index contributed by atoms with van der Waals surface area (Å²) in [5, 5.41) is 12.6. The molecule has 1 unspecified atom stereocenters. The molecule has 2 aromatic carbocycles. The van der Waals surface area contributed by atoms with E-state index in [1.54, 1.807) is 12.1 Å². The molecule has 2 nitrogen and oxygen atoms in total. The summed E-state index contributed by atoms with van der Waals surface area (Å²) >= 11 is 0. The number of halogens is 2. The maximum absolute atomic E-state index is 13.1. The van der Waals surface area contributed by atoms with Crippen molar-refractivity contribution < 1.29 is 13.9 Å². The summed E-state index contributed by atoms with van der Waals surface area (Å²) in [6, 6.07) is 11.1. The Morgan fingerprint density at radius 1 is 0.955 bits per heavy atom. The molecule has 1 atom stereocenters. The number of phenols is 1. The summed E-state index contributed by atoms with van der Waals surface area (Å²) in [4.78, 5) is 0. The predicted molar refractivity (Wildman–Crippen MR) is 84.0 cm³/mol. The molecule has 118 valence electrons. The van der Waals surface area contributed by atoms with Crippen LogP contribution in [-0.4, -0.2) is 17.7 Å². The number of phenolic OH excluding ortho intramolecular Hbond substituents is 1. The first-order chi connectivity index (χ1) is 10.5. The lowest BCUT2D eigenvalue weighted by molar-refractivity contribution is 0.474. The van der Waals surface area contributed by atoms with Crippen LogP contribution in [0.25, 0.3) is 0 Å². The molecule has 0 aliphatic heterocycles. The Hall–Kier alpha value is -1.94. The predicted octanol–water partition coefficient (Wildman–Crippen LogP) is 3.82. The van der Waals surface area contributed by atoms with Crippen molar-refractivity contribution in [1.82, 2.24) is 5.32 Å². The molecule has 22 heavy (non-hydrogen) atoms. The normalized spacial score (nSPS) is 12.3. The van der Waals surface area contributed by atoms with Gasteiger partial charge in [-0.3, -0.25) is 0 Å². The highest BCUT2D eigenvalue weighted by Crippen LogP contribution is 2.12. The van der Waals surface area contributed by atoms with E-state index in [2.05, 4.69) is 12.2 Å². The van der Waals surface area contributed by atoms with Crippen molar-refractivity contribution in [3.63, 3.8) is 0 Å².